The van der Waals surface area contributed by atoms with E-state index in [-0.39, 0.29) is 0 Å². The van der Waals surface area contributed by atoms with Crippen molar-refractivity contribution in [3.63, 3.8) is 0 Å². The van der Waals surface area contributed by atoms with Gasteiger partial charge in [0.15, 0.2) is 11.6 Å². The molecule has 0 N–H and O–H groups in total. The van der Waals surface area contributed by atoms with Crippen molar-refractivity contribution in [3.05, 3.63) is 234 Å². The number of nitrogens with zero attached hydrogens (tertiary/aromatic N) is 4. The highest BCUT2D eigenvalue weighted by molar-refractivity contribution is 8.02. The van der Waals surface area contributed by atoms with Crippen LogP contribution in [0.3, 0.4) is 0 Å². The highest BCUT2D eigenvalue weighted by Crippen LogP contribution is 2.55. The normalized spacial score (nSPS) is 14.3. The summed E-state index contributed by atoms with van der Waals surface area (Å²) in [6.45, 7) is 9.18. The lowest BCUT2D eigenvalue weighted by atomic mass is 9.72. The van der Waals surface area contributed by atoms with Gasteiger partial charge in [-0.3, -0.25) is 4.98 Å². The van der Waals surface area contributed by atoms with Crippen LogP contribution in [0.5, 0.6) is 0 Å². The molecule has 5 aromatic carbocycles. The molecule has 5 heteroatoms. The third-order valence-corrected chi connectivity index (χ3v) is 11.2. The van der Waals surface area contributed by atoms with Crippen molar-refractivity contribution in [3.8, 4) is 33.9 Å². The predicted octanol–water partition coefficient (Wildman–Crippen LogP) is 11.8. The third kappa shape index (κ3) is 5.76. The molecular formula is C49H34N4S. The van der Waals surface area contributed by atoms with Crippen LogP contribution < -0.4 is 0 Å². The van der Waals surface area contributed by atoms with Crippen LogP contribution in [-0.2, 0) is 5.41 Å². The molecule has 0 saturated heterocycles. The van der Waals surface area contributed by atoms with Crippen LogP contribution >= 0.6 is 11.8 Å². The molecule has 2 aliphatic rings. The molecule has 0 radical (unpaired) electrons. The summed E-state index contributed by atoms with van der Waals surface area (Å²) >= 11 is 1.72. The van der Waals surface area contributed by atoms with Crippen LogP contribution in [0.1, 0.15) is 33.5 Å². The van der Waals surface area contributed by atoms with Crippen LogP contribution in [0, 0.1) is 0 Å². The van der Waals surface area contributed by atoms with E-state index in [1.165, 1.54) is 32.7 Å². The molecule has 1 spiro atoms. The van der Waals surface area contributed by atoms with Crippen molar-refractivity contribution in [2.75, 3.05) is 0 Å². The van der Waals surface area contributed by atoms with E-state index in [0.29, 0.717) is 11.6 Å². The van der Waals surface area contributed by atoms with E-state index in [4.69, 9.17) is 9.97 Å². The highest BCUT2D eigenvalue weighted by Gasteiger charge is 2.43. The summed E-state index contributed by atoms with van der Waals surface area (Å²) in [4.78, 5) is 19.8. The average Bonchev–Trinajstić information content (AvgIpc) is 3.53. The van der Waals surface area contributed by atoms with Crippen LogP contribution in [0.2, 0.25) is 0 Å². The zero-order chi connectivity index (χ0) is 36.5. The second-order valence-corrected chi connectivity index (χ2v) is 14.2. The Kier molecular flexibility index (Phi) is 8.62. The molecule has 0 saturated carbocycles. The maximum Gasteiger partial charge on any atom is 0.163 e. The van der Waals surface area contributed by atoms with Gasteiger partial charge in [0.05, 0.1) is 11.1 Å². The molecule has 0 unspecified atom stereocenters. The monoisotopic (exact) mass is 710 g/mol. The standard InChI is InChI=1S/C49H34N4S/c1-33(36-19-14-20-37(30-36)48-52-32-51-47(53-48)35-16-4-3-5-17-35)39-23-15-29-50-46(39)34(2)38-18-12-13-28-49(44-26-10-11-27-45(44)54-31-38)42-24-8-6-21-40(42)41-22-7-9-25-43(41)49/h3-32H,1-2H2/b18-12?,28-13-,38-31?. The molecule has 3 heterocycles. The molecule has 2 aromatic heterocycles. The van der Waals surface area contributed by atoms with E-state index in [1.54, 1.807) is 18.1 Å². The van der Waals surface area contributed by atoms with Crippen LogP contribution in [0.4, 0.5) is 0 Å². The molecule has 7 aromatic rings. The SMILES string of the molecule is C=C(c1cccc(-c2ncnc(-c3ccccc3)n2)c1)c1cccnc1C(=C)C1=CSc2ccccc2C2(/C=C\C=C1)c1ccccc1-c1ccccc12. The molecule has 0 atom stereocenters. The average molecular weight is 711 g/mol. The Balaban J connectivity index is 1.06. The molecule has 54 heavy (non-hydrogen) atoms. The van der Waals surface area contributed by atoms with E-state index in [1.807, 2.05) is 54.7 Å². The number of thioether (sulfide) groups is 1. The first kappa shape index (κ1) is 33.2. The Morgan fingerprint density at radius 1 is 0.574 bits per heavy atom. The fraction of sp³-hybridized carbons (Fsp3) is 0.0204. The van der Waals surface area contributed by atoms with Gasteiger partial charge in [-0.15, -0.1) is 0 Å². The van der Waals surface area contributed by atoms with Crippen molar-refractivity contribution in [1.82, 2.24) is 19.9 Å². The Labute approximate surface area is 319 Å². The maximum atomic E-state index is 4.88. The molecule has 9 rings (SSSR count). The number of fused-ring (bicyclic) bond motifs is 7. The number of hydrogen-bond donors (Lipinski definition) is 0. The fourth-order valence-electron chi connectivity index (χ4n) is 7.61. The number of aromatic nitrogens is 4. The first-order chi connectivity index (χ1) is 26.6. The summed E-state index contributed by atoms with van der Waals surface area (Å²) in [6, 6.07) is 48.4. The van der Waals surface area contributed by atoms with Crippen LogP contribution in [0.25, 0.3) is 45.0 Å². The minimum atomic E-state index is -0.422. The van der Waals surface area contributed by atoms with Gasteiger partial charge in [-0.25, -0.2) is 15.0 Å². The lowest BCUT2D eigenvalue weighted by Gasteiger charge is -2.31. The Bertz CT molecular complexity index is 2640. The van der Waals surface area contributed by atoms with E-state index < -0.39 is 5.41 Å². The zero-order valence-corrected chi connectivity index (χ0v) is 30.2. The van der Waals surface area contributed by atoms with E-state index >= 15 is 0 Å². The Morgan fingerprint density at radius 2 is 1.24 bits per heavy atom. The summed E-state index contributed by atoms with van der Waals surface area (Å²) in [5.74, 6) is 1.23. The van der Waals surface area contributed by atoms with Crippen molar-refractivity contribution >= 4 is 22.9 Å². The molecule has 1 aliphatic heterocycles. The van der Waals surface area contributed by atoms with Gasteiger partial charge in [0.1, 0.15) is 6.33 Å². The van der Waals surface area contributed by atoms with Crippen LogP contribution in [-0.4, -0.2) is 19.9 Å². The summed E-state index contributed by atoms with van der Waals surface area (Å²) in [5.41, 5.74) is 13.1. The van der Waals surface area contributed by atoms with E-state index in [2.05, 4.69) is 144 Å². The minimum Gasteiger partial charge on any atom is -0.256 e. The molecule has 0 fully saturated rings. The highest BCUT2D eigenvalue weighted by atomic mass is 32.2. The van der Waals surface area contributed by atoms with Gasteiger partial charge in [-0.05, 0) is 68.1 Å². The lowest BCUT2D eigenvalue weighted by molar-refractivity contribution is 0.783. The van der Waals surface area contributed by atoms with Crippen LogP contribution in [0.15, 0.2) is 205 Å². The van der Waals surface area contributed by atoms with Crippen molar-refractivity contribution < 1.29 is 0 Å². The quantitative estimate of drug-likeness (QED) is 0.172. The number of pyridine rings is 1. The molecule has 0 bridgehead atoms. The number of rotatable bonds is 6. The van der Waals surface area contributed by atoms with E-state index in [0.717, 1.165) is 44.7 Å². The summed E-state index contributed by atoms with van der Waals surface area (Å²) in [5, 5.41) is 2.20. The Hall–Kier alpha value is -6.69. The molecule has 256 valence electrons. The fourth-order valence-corrected chi connectivity index (χ4v) is 8.60. The number of allylic oxidation sites excluding steroid dienone is 6. The molecule has 4 nitrogen and oxygen atoms in total. The number of hydrogen-bond acceptors (Lipinski definition) is 5. The minimum absolute atomic E-state index is 0.422. The largest absolute Gasteiger partial charge is 0.256 e. The summed E-state index contributed by atoms with van der Waals surface area (Å²) < 4.78 is 0. The first-order valence-corrected chi connectivity index (χ1v) is 18.7. The van der Waals surface area contributed by atoms with Crippen molar-refractivity contribution in [2.24, 2.45) is 0 Å². The smallest absolute Gasteiger partial charge is 0.163 e. The van der Waals surface area contributed by atoms with Crippen molar-refractivity contribution in [2.45, 2.75) is 10.3 Å². The molecular weight excluding hydrogens is 677 g/mol. The van der Waals surface area contributed by atoms with Gasteiger partial charge in [0, 0.05) is 33.4 Å². The first-order valence-electron chi connectivity index (χ1n) is 17.8. The second-order valence-electron chi connectivity index (χ2n) is 13.2. The zero-order valence-electron chi connectivity index (χ0n) is 29.4. The van der Waals surface area contributed by atoms with Gasteiger partial charge >= 0.3 is 0 Å². The van der Waals surface area contributed by atoms with Crippen molar-refractivity contribution in [1.29, 1.82) is 0 Å². The predicted molar refractivity (Wildman–Crippen MR) is 223 cm³/mol. The molecule has 1 aliphatic carbocycles. The van der Waals surface area contributed by atoms with Gasteiger partial charge in [0.25, 0.3) is 0 Å². The maximum absolute atomic E-state index is 4.88. The lowest BCUT2D eigenvalue weighted by Crippen LogP contribution is -2.25. The van der Waals surface area contributed by atoms with Gasteiger partial charge in [-0.2, -0.15) is 0 Å². The second kappa shape index (κ2) is 14.0. The van der Waals surface area contributed by atoms with Gasteiger partial charge < -0.3 is 0 Å². The Morgan fingerprint density at radius 3 is 2.02 bits per heavy atom. The number of benzene rings is 5. The topological polar surface area (TPSA) is 51.6 Å². The van der Waals surface area contributed by atoms with E-state index in [9.17, 15) is 0 Å². The molecule has 0 amide bonds. The van der Waals surface area contributed by atoms with Gasteiger partial charge in [-0.1, -0.05) is 171 Å². The van der Waals surface area contributed by atoms with Gasteiger partial charge in [0.2, 0.25) is 0 Å². The summed E-state index contributed by atoms with van der Waals surface area (Å²) in [6.07, 6.45) is 12.2. The third-order valence-electron chi connectivity index (χ3n) is 10.2. The summed E-state index contributed by atoms with van der Waals surface area (Å²) in [7, 11) is 0.